The Kier molecular flexibility index (Phi) is 5.83. The second-order valence-electron chi connectivity index (χ2n) is 4.61. The molecule has 1 aromatic rings. The van der Waals surface area contributed by atoms with E-state index < -0.39 is 0 Å². The average molecular weight is 286 g/mol. The molecule has 0 aliphatic carbocycles. The summed E-state index contributed by atoms with van der Waals surface area (Å²) in [6, 6.07) is 8.63. The molecular weight excluding hydrogens is 266 g/mol. The number of ether oxygens (including phenoxy) is 1. The predicted molar refractivity (Wildman–Crippen MR) is 78.6 cm³/mol. The number of benzene rings is 1. The summed E-state index contributed by atoms with van der Waals surface area (Å²) in [6.07, 6.45) is 2.34. The second-order valence-corrected chi connectivity index (χ2v) is 6.14. The Hall–Kier alpha value is -0.220. The van der Waals surface area contributed by atoms with Crippen molar-refractivity contribution >= 4 is 23.4 Å². The molecule has 1 fully saturated rings. The van der Waals surface area contributed by atoms with Crippen LogP contribution in [0.5, 0.6) is 0 Å². The lowest BCUT2D eigenvalue weighted by Crippen LogP contribution is -2.38. The van der Waals surface area contributed by atoms with Crippen molar-refractivity contribution in [1.82, 2.24) is 5.32 Å². The van der Waals surface area contributed by atoms with Crippen LogP contribution >= 0.6 is 23.4 Å². The summed E-state index contributed by atoms with van der Waals surface area (Å²) in [7, 11) is 2.05. The molecule has 0 saturated carbocycles. The number of hydrogen-bond acceptors (Lipinski definition) is 3. The van der Waals surface area contributed by atoms with Crippen LogP contribution in [0, 0.1) is 5.92 Å². The molecule has 1 aliphatic heterocycles. The van der Waals surface area contributed by atoms with E-state index in [9.17, 15) is 0 Å². The van der Waals surface area contributed by atoms with Gasteiger partial charge in [-0.25, -0.2) is 0 Å². The van der Waals surface area contributed by atoms with Crippen LogP contribution in [0.1, 0.15) is 12.8 Å². The molecule has 1 N–H and O–H groups in total. The number of hydrogen-bond donors (Lipinski definition) is 1. The highest BCUT2D eigenvalue weighted by atomic mass is 35.5. The van der Waals surface area contributed by atoms with Gasteiger partial charge in [0.1, 0.15) is 0 Å². The third-order valence-corrected chi connectivity index (χ3v) is 4.78. The summed E-state index contributed by atoms with van der Waals surface area (Å²) in [5.41, 5.74) is 0. The molecule has 1 heterocycles. The first-order valence-electron chi connectivity index (χ1n) is 6.43. The molecule has 0 aromatic heterocycles. The molecule has 0 radical (unpaired) electrons. The highest BCUT2D eigenvalue weighted by Gasteiger charge is 2.22. The number of halogens is 1. The number of nitrogens with one attached hydrogen (secondary N) is 1. The Morgan fingerprint density at radius 1 is 1.44 bits per heavy atom. The van der Waals surface area contributed by atoms with Crippen molar-refractivity contribution in [3.8, 4) is 0 Å². The maximum absolute atomic E-state index is 6.00. The first kappa shape index (κ1) is 14.2. The van der Waals surface area contributed by atoms with Gasteiger partial charge < -0.3 is 10.1 Å². The van der Waals surface area contributed by atoms with Gasteiger partial charge in [0, 0.05) is 34.9 Å². The minimum absolute atomic E-state index is 0.554. The third-order valence-electron chi connectivity index (χ3n) is 3.43. The monoisotopic (exact) mass is 285 g/mol. The minimum atomic E-state index is 0.554. The molecule has 1 unspecified atom stereocenters. The van der Waals surface area contributed by atoms with Gasteiger partial charge in [-0.2, -0.15) is 0 Å². The summed E-state index contributed by atoms with van der Waals surface area (Å²) in [4.78, 5) is 1.25. The van der Waals surface area contributed by atoms with Crippen LogP contribution in [0.15, 0.2) is 29.2 Å². The molecule has 0 spiro atoms. The van der Waals surface area contributed by atoms with Crippen molar-refractivity contribution in [3.05, 3.63) is 29.3 Å². The maximum atomic E-state index is 6.00. The summed E-state index contributed by atoms with van der Waals surface area (Å²) < 4.78 is 5.42. The van der Waals surface area contributed by atoms with Crippen molar-refractivity contribution in [2.75, 3.05) is 26.0 Å². The first-order chi connectivity index (χ1) is 8.79. The topological polar surface area (TPSA) is 21.3 Å². The molecular formula is C14H20ClNOS. The van der Waals surface area contributed by atoms with E-state index in [0.717, 1.165) is 29.9 Å². The van der Waals surface area contributed by atoms with Gasteiger partial charge in [0.2, 0.25) is 0 Å². The molecule has 1 atom stereocenters. The van der Waals surface area contributed by atoms with Crippen LogP contribution in [0.25, 0.3) is 0 Å². The molecule has 0 bridgehead atoms. The summed E-state index contributed by atoms with van der Waals surface area (Å²) in [5, 5.41) is 4.26. The Balaban J connectivity index is 1.86. The average Bonchev–Trinajstić information content (AvgIpc) is 2.41. The summed E-state index contributed by atoms with van der Waals surface area (Å²) >= 11 is 7.87. The lowest BCUT2D eigenvalue weighted by molar-refractivity contribution is 0.0575. The van der Waals surface area contributed by atoms with Crippen molar-refractivity contribution in [3.63, 3.8) is 0 Å². The zero-order valence-electron chi connectivity index (χ0n) is 10.7. The van der Waals surface area contributed by atoms with Crippen LogP contribution in [0.2, 0.25) is 5.02 Å². The van der Waals surface area contributed by atoms with Gasteiger partial charge >= 0.3 is 0 Å². The Labute approximate surface area is 118 Å². The molecule has 18 heavy (non-hydrogen) atoms. The lowest BCUT2D eigenvalue weighted by atomic mass is 9.93. The fraction of sp³-hybridized carbons (Fsp3) is 0.571. The fourth-order valence-corrected chi connectivity index (χ4v) is 3.77. The summed E-state index contributed by atoms with van der Waals surface area (Å²) in [5.74, 6) is 1.82. The van der Waals surface area contributed by atoms with Crippen molar-refractivity contribution in [2.45, 2.75) is 23.8 Å². The van der Waals surface area contributed by atoms with Gasteiger partial charge in [-0.15, -0.1) is 11.8 Å². The van der Waals surface area contributed by atoms with Crippen LogP contribution in [-0.2, 0) is 4.74 Å². The van der Waals surface area contributed by atoms with Gasteiger partial charge in [0.25, 0.3) is 0 Å². The molecule has 100 valence electrons. The van der Waals surface area contributed by atoms with Gasteiger partial charge in [0.15, 0.2) is 0 Å². The fourth-order valence-electron chi connectivity index (χ4n) is 2.32. The second kappa shape index (κ2) is 7.39. The van der Waals surface area contributed by atoms with E-state index in [-0.39, 0.29) is 0 Å². The highest BCUT2D eigenvalue weighted by molar-refractivity contribution is 7.99. The van der Waals surface area contributed by atoms with E-state index in [0.29, 0.717) is 6.04 Å². The van der Waals surface area contributed by atoms with Gasteiger partial charge in [-0.3, -0.25) is 0 Å². The number of rotatable bonds is 5. The van der Waals surface area contributed by atoms with Crippen LogP contribution in [0.4, 0.5) is 0 Å². The molecule has 1 aliphatic rings. The maximum Gasteiger partial charge on any atom is 0.0469 e. The lowest BCUT2D eigenvalue weighted by Gasteiger charge is -2.29. The SMILES string of the molecule is CNC(CSc1cccc(Cl)c1)C1CCOCC1. The van der Waals surface area contributed by atoms with E-state index in [1.807, 2.05) is 30.0 Å². The largest absolute Gasteiger partial charge is 0.381 e. The van der Waals surface area contributed by atoms with E-state index in [1.165, 1.54) is 17.7 Å². The molecule has 0 amide bonds. The smallest absolute Gasteiger partial charge is 0.0469 e. The van der Waals surface area contributed by atoms with E-state index in [2.05, 4.69) is 18.4 Å². The normalized spacial score (nSPS) is 18.8. The molecule has 1 saturated heterocycles. The van der Waals surface area contributed by atoms with E-state index in [4.69, 9.17) is 16.3 Å². The van der Waals surface area contributed by atoms with E-state index in [1.54, 1.807) is 0 Å². The van der Waals surface area contributed by atoms with Gasteiger partial charge in [-0.05, 0) is 44.0 Å². The quantitative estimate of drug-likeness (QED) is 0.838. The van der Waals surface area contributed by atoms with Gasteiger partial charge in [0.05, 0.1) is 0 Å². The van der Waals surface area contributed by atoms with Gasteiger partial charge in [-0.1, -0.05) is 17.7 Å². The van der Waals surface area contributed by atoms with E-state index >= 15 is 0 Å². The minimum Gasteiger partial charge on any atom is -0.381 e. The third kappa shape index (κ3) is 4.16. The Morgan fingerprint density at radius 2 is 2.22 bits per heavy atom. The Bertz CT molecular complexity index is 369. The molecule has 2 rings (SSSR count). The Morgan fingerprint density at radius 3 is 2.89 bits per heavy atom. The zero-order chi connectivity index (χ0) is 12.8. The summed E-state index contributed by atoms with van der Waals surface area (Å²) in [6.45, 7) is 1.81. The van der Waals surface area contributed by atoms with Crippen molar-refractivity contribution < 1.29 is 4.74 Å². The standard InChI is InChI=1S/C14H20ClNOS/c1-16-14(11-5-7-17-8-6-11)10-18-13-4-2-3-12(15)9-13/h2-4,9,11,14,16H,5-8,10H2,1H3. The predicted octanol–water partition coefficient (Wildman–Crippen LogP) is 3.45. The van der Waals surface area contributed by atoms with Crippen molar-refractivity contribution in [2.24, 2.45) is 5.92 Å². The molecule has 4 heteroatoms. The van der Waals surface area contributed by atoms with Crippen molar-refractivity contribution in [1.29, 1.82) is 0 Å². The highest BCUT2D eigenvalue weighted by Crippen LogP contribution is 2.26. The first-order valence-corrected chi connectivity index (χ1v) is 7.79. The van der Waals surface area contributed by atoms with Crippen LogP contribution in [-0.4, -0.2) is 32.1 Å². The molecule has 1 aromatic carbocycles. The van der Waals surface area contributed by atoms with Crippen LogP contribution in [0.3, 0.4) is 0 Å². The van der Waals surface area contributed by atoms with Crippen LogP contribution < -0.4 is 5.32 Å². The number of thioether (sulfide) groups is 1. The zero-order valence-corrected chi connectivity index (χ0v) is 12.3. The molecule has 2 nitrogen and oxygen atoms in total.